The Kier molecular flexibility index (Phi) is 9.69. The number of amides is 4. The molecule has 0 atom stereocenters. The van der Waals surface area contributed by atoms with E-state index < -0.39 is 24.5 Å². The molecule has 10 heteroatoms. The molecule has 4 amide bonds. The van der Waals surface area contributed by atoms with E-state index in [9.17, 15) is 19.2 Å². The first-order valence-corrected chi connectivity index (χ1v) is 10.2. The lowest BCUT2D eigenvalue weighted by Crippen LogP contribution is -2.42. The van der Waals surface area contributed by atoms with Crippen LogP contribution in [0.15, 0.2) is 48.5 Å². The third-order valence-corrected chi connectivity index (χ3v) is 4.07. The summed E-state index contributed by atoms with van der Waals surface area (Å²) in [6, 6.07) is 12.1. The summed E-state index contributed by atoms with van der Waals surface area (Å²) in [5.74, 6) is -0.634. The minimum atomic E-state index is -0.744. The minimum absolute atomic E-state index is 0.181. The molecule has 0 radical (unpaired) electrons. The second kappa shape index (κ2) is 12.7. The largest absolute Gasteiger partial charge is 0.497 e. The maximum absolute atomic E-state index is 12.1. The van der Waals surface area contributed by atoms with Gasteiger partial charge in [0.2, 0.25) is 0 Å². The normalized spacial score (nSPS) is 10.2. The first kappa shape index (κ1) is 25.2. The number of hydrogen-bond donors (Lipinski definition) is 3. The van der Waals surface area contributed by atoms with Gasteiger partial charge in [-0.05, 0) is 42.3 Å². The number of benzene rings is 2. The lowest BCUT2D eigenvalue weighted by Gasteiger charge is -2.10. The Balaban J connectivity index is 1.74. The Morgan fingerprint density at radius 2 is 1.64 bits per heavy atom. The number of esters is 1. The lowest BCUT2D eigenvalue weighted by atomic mass is 10.2. The number of imide groups is 1. The molecule has 0 heterocycles. The van der Waals surface area contributed by atoms with Gasteiger partial charge >= 0.3 is 12.0 Å². The molecule has 0 fully saturated rings. The number of anilines is 1. The van der Waals surface area contributed by atoms with Crippen molar-refractivity contribution in [2.45, 2.75) is 13.8 Å². The number of rotatable bonds is 10. The maximum Gasteiger partial charge on any atom is 0.338 e. The molecular weight excluding hydrogens is 430 g/mol. The topological polar surface area (TPSA) is 132 Å². The van der Waals surface area contributed by atoms with Crippen LogP contribution in [0.3, 0.4) is 0 Å². The van der Waals surface area contributed by atoms with E-state index in [1.54, 1.807) is 24.3 Å². The lowest BCUT2D eigenvalue weighted by molar-refractivity contribution is -0.123. The number of ether oxygens (including phenoxy) is 3. The summed E-state index contributed by atoms with van der Waals surface area (Å²) in [7, 11) is 1.53. The number of nitrogens with one attached hydrogen (secondary N) is 3. The molecule has 0 aromatic heterocycles. The van der Waals surface area contributed by atoms with Crippen molar-refractivity contribution in [2.75, 3.05) is 32.2 Å². The van der Waals surface area contributed by atoms with Gasteiger partial charge in [0.1, 0.15) is 11.5 Å². The number of carbonyl (C=O) groups excluding carboxylic acids is 4. The van der Waals surface area contributed by atoms with Gasteiger partial charge in [0, 0.05) is 18.3 Å². The summed E-state index contributed by atoms with van der Waals surface area (Å²) in [6.45, 7) is 3.40. The summed E-state index contributed by atoms with van der Waals surface area (Å²) in [5.41, 5.74) is 0.753. The minimum Gasteiger partial charge on any atom is -0.497 e. The molecule has 3 N–H and O–H groups in total. The Morgan fingerprint density at radius 1 is 0.909 bits per heavy atom. The van der Waals surface area contributed by atoms with Gasteiger partial charge in [-0.25, -0.2) is 9.59 Å². The first-order valence-electron chi connectivity index (χ1n) is 10.2. The third-order valence-electron chi connectivity index (χ3n) is 4.07. The summed E-state index contributed by atoms with van der Waals surface area (Å²) in [5, 5.41) is 7.27. The molecule has 0 unspecified atom stereocenters. The zero-order valence-corrected chi connectivity index (χ0v) is 18.7. The van der Waals surface area contributed by atoms with Gasteiger partial charge in [0.05, 0.1) is 12.7 Å². The molecule has 2 aromatic carbocycles. The highest BCUT2D eigenvalue weighted by Gasteiger charge is 2.13. The second-order valence-electron chi connectivity index (χ2n) is 7.32. The Morgan fingerprint density at radius 3 is 2.30 bits per heavy atom. The summed E-state index contributed by atoms with van der Waals surface area (Å²) in [4.78, 5) is 47.3. The van der Waals surface area contributed by atoms with Crippen LogP contribution in [0, 0.1) is 5.92 Å². The van der Waals surface area contributed by atoms with Crippen LogP contribution in [-0.2, 0) is 14.3 Å². The highest BCUT2D eigenvalue weighted by molar-refractivity contribution is 5.97. The van der Waals surface area contributed by atoms with Crippen LogP contribution in [0.25, 0.3) is 0 Å². The van der Waals surface area contributed by atoms with E-state index in [1.165, 1.54) is 31.4 Å². The zero-order chi connectivity index (χ0) is 24.2. The molecule has 0 aliphatic rings. The smallest absolute Gasteiger partial charge is 0.338 e. The van der Waals surface area contributed by atoms with Crippen molar-refractivity contribution in [3.8, 4) is 11.5 Å². The van der Waals surface area contributed by atoms with Gasteiger partial charge in [-0.1, -0.05) is 19.9 Å². The molecule has 2 aromatic rings. The fourth-order valence-corrected chi connectivity index (χ4v) is 2.45. The predicted octanol–water partition coefficient (Wildman–Crippen LogP) is 2.35. The molecule has 0 bridgehead atoms. The molecule has 33 heavy (non-hydrogen) atoms. The number of carbonyl (C=O) groups is 4. The summed E-state index contributed by atoms with van der Waals surface area (Å²) in [6.07, 6.45) is 0. The Hall–Kier alpha value is -4.08. The van der Waals surface area contributed by atoms with Gasteiger partial charge in [-0.3, -0.25) is 14.9 Å². The van der Waals surface area contributed by atoms with Crippen molar-refractivity contribution in [3.63, 3.8) is 0 Å². The van der Waals surface area contributed by atoms with Gasteiger partial charge in [-0.15, -0.1) is 0 Å². The van der Waals surface area contributed by atoms with Crippen LogP contribution < -0.4 is 25.4 Å². The number of hydrogen-bond acceptors (Lipinski definition) is 7. The van der Waals surface area contributed by atoms with Crippen LogP contribution in [-0.4, -0.2) is 50.7 Å². The van der Waals surface area contributed by atoms with Gasteiger partial charge in [0.25, 0.3) is 11.8 Å². The zero-order valence-electron chi connectivity index (χ0n) is 18.7. The van der Waals surface area contributed by atoms with Crippen molar-refractivity contribution in [1.29, 1.82) is 0 Å². The van der Waals surface area contributed by atoms with E-state index >= 15 is 0 Å². The van der Waals surface area contributed by atoms with E-state index in [2.05, 4.69) is 16.0 Å². The van der Waals surface area contributed by atoms with Gasteiger partial charge < -0.3 is 24.8 Å². The van der Waals surface area contributed by atoms with Crippen molar-refractivity contribution >= 4 is 29.5 Å². The quantitative estimate of drug-likeness (QED) is 0.467. The molecule has 0 aliphatic carbocycles. The standard InChI is InChI=1S/C23H27N3O7/c1-15(2)12-24-23(30)26-21(28)14-33-22(29)16-7-9-18(10-8-16)32-13-20(27)25-17-5-4-6-19(11-17)31-3/h4-11,15H,12-14H2,1-3H3,(H,25,27)(H2,24,26,28,30). The average molecular weight is 457 g/mol. The average Bonchev–Trinajstić information content (AvgIpc) is 2.80. The molecule has 0 aliphatic heterocycles. The van der Waals surface area contributed by atoms with Crippen LogP contribution in [0.1, 0.15) is 24.2 Å². The summed E-state index contributed by atoms with van der Waals surface area (Å²) >= 11 is 0. The number of methoxy groups -OCH3 is 1. The van der Waals surface area contributed by atoms with E-state index in [4.69, 9.17) is 14.2 Å². The molecule has 10 nitrogen and oxygen atoms in total. The maximum atomic E-state index is 12.1. The van der Waals surface area contributed by atoms with Crippen LogP contribution >= 0.6 is 0 Å². The molecular formula is C23H27N3O7. The Bertz CT molecular complexity index is 974. The van der Waals surface area contributed by atoms with Crippen molar-refractivity contribution in [2.24, 2.45) is 5.92 Å². The Labute approximate surface area is 191 Å². The predicted molar refractivity (Wildman–Crippen MR) is 120 cm³/mol. The highest BCUT2D eigenvalue weighted by atomic mass is 16.5. The summed E-state index contributed by atoms with van der Waals surface area (Å²) < 4.78 is 15.4. The SMILES string of the molecule is COc1cccc(NC(=O)COc2ccc(C(=O)OCC(=O)NC(=O)NCC(C)C)cc2)c1. The molecule has 2 rings (SSSR count). The van der Waals surface area contributed by atoms with E-state index in [0.717, 1.165) is 0 Å². The van der Waals surface area contributed by atoms with Crippen LogP contribution in [0.4, 0.5) is 10.5 Å². The second-order valence-corrected chi connectivity index (χ2v) is 7.32. The van der Waals surface area contributed by atoms with Crippen LogP contribution in [0.2, 0.25) is 0 Å². The van der Waals surface area contributed by atoms with E-state index in [-0.39, 0.29) is 24.0 Å². The van der Waals surface area contributed by atoms with Crippen molar-refractivity contribution in [1.82, 2.24) is 10.6 Å². The van der Waals surface area contributed by atoms with Crippen molar-refractivity contribution in [3.05, 3.63) is 54.1 Å². The van der Waals surface area contributed by atoms with E-state index in [0.29, 0.717) is 23.7 Å². The third kappa shape index (κ3) is 9.30. The first-order chi connectivity index (χ1) is 15.8. The monoisotopic (exact) mass is 457 g/mol. The van der Waals surface area contributed by atoms with Crippen LogP contribution in [0.5, 0.6) is 11.5 Å². The molecule has 0 saturated carbocycles. The molecule has 176 valence electrons. The van der Waals surface area contributed by atoms with Gasteiger partial charge in [-0.2, -0.15) is 0 Å². The number of urea groups is 1. The fourth-order valence-electron chi connectivity index (χ4n) is 2.45. The fraction of sp³-hybridized carbons (Fsp3) is 0.304. The molecule has 0 saturated heterocycles. The molecule has 0 spiro atoms. The van der Waals surface area contributed by atoms with Crippen molar-refractivity contribution < 1.29 is 33.4 Å². The van der Waals surface area contributed by atoms with E-state index in [1.807, 2.05) is 13.8 Å². The highest BCUT2D eigenvalue weighted by Crippen LogP contribution is 2.17. The van der Waals surface area contributed by atoms with Gasteiger partial charge in [0.15, 0.2) is 13.2 Å².